The molecule has 0 aliphatic carbocycles. The number of hydrogen-bond acceptors (Lipinski definition) is 3. The molecule has 1 rings (SSSR count). The Hall–Kier alpha value is -2.24. The van der Waals surface area contributed by atoms with E-state index in [1.54, 1.807) is 31.2 Å². The van der Waals surface area contributed by atoms with Crippen molar-refractivity contribution in [2.45, 2.75) is 26.3 Å². The van der Waals surface area contributed by atoms with Crippen molar-refractivity contribution in [1.29, 1.82) is 0 Å². The van der Waals surface area contributed by atoms with Crippen molar-refractivity contribution in [2.24, 2.45) is 0 Å². The smallest absolute Gasteiger partial charge is 0.326 e. The van der Waals surface area contributed by atoms with Crippen LogP contribution in [0.3, 0.4) is 0 Å². The number of amides is 2. The Labute approximate surface area is 111 Å². The molecule has 104 valence electrons. The molecule has 0 saturated carbocycles. The summed E-state index contributed by atoms with van der Waals surface area (Å²) in [5.74, 6) is -0.411. The molecule has 1 aromatic rings. The molecule has 0 aliphatic heterocycles. The summed E-state index contributed by atoms with van der Waals surface area (Å²) in [5, 5.41) is 13.8. The summed E-state index contributed by atoms with van der Waals surface area (Å²) in [6.45, 7) is 4.09. The second-order valence-electron chi connectivity index (χ2n) is 3.86. The van der Waals surface area contributed by atoms with E-state index in [-0.39, 0.29) is 0 Å². The van der Waals surface area contributed by atoms with Crippen LogP contribution in [0.5, 0.6) is 5.75 Å². The van der Waals surface area contributed by atoms with Gasteiger partial charge in [-0.05, 0) is 25.5 Å². The third-order valence-corrected chi connectivity index (χ3v) is 2.41. The molecule has 3 N–H and O–H groups in total. The van der Waals surface area contributed by atoms with E-state index >= 15 is 0 Å². The molecule has 6 heteroatoms. The molecule has 19 heavy (non-hydrogen) atoms. The number of benzene rings is 1. The number of rotatable bonds is 6. The number of urea groups is 1. The topological polar surface area (TPSA) is 87.7 Å². The Morgan fingerprint density at radius 1 is 1.37 bits per heavy atom. The van der Waals surface area contributed by atoms with E-state index in [9.17, 15) is 9.59 Å². The fourth-order valence-corrected chi connectivity index (χ4v) is 1.49. The van der Waals surface area contributed by atoms with Gasteiger partial charge in [0, 0.05) is 11.8 Å². The van der Waals surface area contributed by atoms with Gasteiger partial charge in [0.15, 0.2) is 0 Å². The van der Waals surface area contributed by atoms with Crippen LogP contribution >= 0.6 is 0 Å². The highest BCUT2D eigenvalue weighted by atomic mass is 16.5. The van der Waals surface area contributed by atoms with E-state index in [0.717, 1.165) is 0 Å². The normalized spacial score (nSPS) is 11.5. The molecule has 1 atom stereocenters. The number of carboxylic acids is 1. The fraction of sp³-hybridized carbons (Fsp3) is 0.385. The zero-order valence-electron chi connectivity index (χ0n) is 11.0. The zero-order chi connectivity index (χ0) is 14.3. The number of carbonyl (C=O) groups is 2. The van der Waals surface area contributed by atoms with Crippen LogP contribution in [-0.2, 0) is 4.79 Å². The van der Waals surface area contributed by atoms with Gasteiger partial charge in [-0.2, -0.15) is 0 Å². The molecule has 6 nitrogen and oxygen atoms in total. The number of aliphatic carboxylic acids is 1. The Kier molecular flexibility index (Phi) is 5.66. The SMILES string of the molecule is CCOc1cccc(NC(=O)NC(CC)C(=O)O)c1. The lowest BCUT2D eigenvalue weighted by molar-refractivity contribution is -0.139. The van der Waals surface area contributed by atoms with Gasteiger partial charge >= 0.3 is 12.0 Å². The van der Waals surface area contributed by atoms with Crippen molar-refractivity contribution in [1.82, 2.24) is 5.32 Å². The highest BCUT2D eigenvalue weighted by Crippen LogP contribution is 2.17. The first-order valence-electron chi connectivity index (χ1n) is 6.10. The lowest BCUT2D eigenvalue weighted by Gasteiger charge is -2.13. The average molecular weight is 266 g/mol. The Morgan fingerprint density at radius 2 is 2.11 bits per heavy atom. The van der Waals surface area contributed by atoms with Crippen LogP contribution in [0.2, 0.25) is 0 Å². The van der Waals surface area contributed by atoms with Crippen LogP contribution in [0.15, 0.2) is 24.3 Å². The van der Waals surface area contributed by atoms with Crippen LogP contribution in [0.25, 0.3) is 0 Å². The van der Waals surface area contributed by atoms with Gasteiger partial charge in [0.2, 0.25) is 0 Å². The monoisotopic (exact) mass is 266 g/mol. The van der Waals surface area contributed by atoms with Crippen LogP contribution < -0.4 is 15.4 Å². The molecular formula is C13H18N2O4. The standard InChI is InChI=1S/C13H18N2O4/c1-3-11(12(16)17)15-13(18)14-9-6-5-7-10(8-9)19-4-2/h5-8,11H,3-4H2,1-2H3,(H,16,17)(H2,14,15,18). The van der Waals surface area contributed by atoms with Gasteiger partial charge in [0.05, 0.1) is 6.61 Å². The third kappa shape index (κ3) is 4.87. The number of carbonyl (C=O) groups excluding carboxylic acids is 1. The van der Waals surface area contributed by atoms with Gasteiger partial charge in [-0.25, -0.2) is 9.59 Å². The highest BCUT2D eigenvalue weighted by molar-refractivity contribution is 5.92. The minimum atomic E-state index is -1.05. The number of hydrogen-bond donors (Lipinski definition) is 3. The lowest BCUT2D eigenvalue weighted by Crippen LogP contribution is -2.42. The molecular weight excluding hydrogens is 248 g/mol. The van der Waals surface area contributed by atoms with Crippen molar-refractivity contribution in [2.75, 3.05) is 11.9 Å². The molecule has 0 radical (unpaired) electrons. The van der Waals surface area contributed by atoms with E-state index in [0.29, 0.717) is 24.5 Å². The lowest BCUT2D eigenvalue weighted by atomic mass is 10.2. The minimum absolute atomic E-state index is 0.321. The second kappa shape index (κ2) is 7.25. The first kappa shape index (κ1) is 14.8. The number of anilines is 1. The van der Waals surface area contributed by atoms with E-state index in [2.05, 4.69) is 10.6 Å². The summed E-state index contributed by atoms with van der Waals surface area (Å²) in [5.41, 5.74) is 0.545. The van der Waals surface area contributed by atoms with Crippen molar-refractivity contribution < 1.29 is 19.4 Å². The van der Waals surface area contributed by atoms with E-state index in [1.807, 2.05) is 6.92 Å². The Bertz CT molecular complexity index is 448. The summed E-state index contributed by atoms with van der Waals surface area (Å²) in [6, 6.07) is 5.44. The van der Waals surface area contributed by atoms with E-state index in [1.165, 1.54) is 0 Å². The van der Waals surface area contributed by atoms with Crippen LogP contribution in [0.1, 0.15) is 20.3 Å². The first-order valence-corrected chi connectivity index (χ1v) is 6.10. The minimum Gasteiger partial charge on any atom is -0.494 e. The molecule has 1 unspecified atom stereocenters. The molecule has 2 amide bonds. The summed E-state index contributed by atoms with van der Waals surface area (Å²) in [6.07, 6.45) is 0.321. The number of carboxylic acid groups (broad SMARTS) is 1. The molecule has 0 aliphatic rings. The van der Waals surface area contributed by atoms with Gasteiger partial charge in [-0.1, -0.05) is 13.0 Å². The molecule has 0 saturated heterocycles. The molecule has 0 bridgehead atoms. The van der Waals surface area contributed by atoms with Crippen molar-refractivity contribution in [3.63, 3.8) is 0 Å². The molecule has 0 spiro atoms. The Morgan fingerprint density at radius 3 is 2.68 bits per heavy atom. The zero-order valence-corrected chi connectivity index (χ0v) is 11.0. The van der Waals surface area contributed by atoms with E-state index < -0.39 is 18.0 Å². The summed E-state index contributed by atoms with van der Waals surface area (Å²) >= 11 is 0. The maximum Gasteiger partial charge on any atom is 0.326 e. The van der Waals surface area contributed by atoms with Gasteiger partial charge < -0.3 is 20.5 Å². The predicted molar refractivity (Wildman–Crippen MR) is 71.5 cm³/mol. The largest absolute Gasteiger partial charge is 0.494 e. The fourth-order valence-electron chi connectivity index (χ4n) is 1.49. The summed E-state index contributed by atoms with van der Waals surface area (Å²) < 4.78 is 5.30. The van der Waals surface area contributed by atoms with Gasteiger partial charge in [-0.15, -0.1) is 0 Å². The van der Waals surface area contributed by atoms with E-state index in [4.69, 9.17) is 9.84 Å². The molecule has 0 heterocycles. The summed E-state index contributed by atoms with van der Waals surface area (Å²) in [4.78, 5) is 22.4. The first-order chi connectivity index (χ1) is 9.06. The highest BCUT2D eigenvalue weighted by Gasteiger charge is 2.17. The summed E-state index contributed by atoms with van der Waals surface area (Å²) in [7, 11) is 0. The number of nitrogens with one attached hydrogen (secondary N) is 2. The van der Waals surface area contributed by atoms with Gasteiger partial charge in [0.1, 0.15) is 11.8 Å². The van der Waals surface area contributed by atoms with Crippen molar-refractivity contribution in [3.05, 3.63) is 24.3 Å². The third-order valence-electron chi connectivity index (χ3n) is 2.41. The maximum absolute atomic E-state index is 11.6. The Balaban J connectivity index is 2.61. The quantitative estimate of drug-likeness (QED) is 0.735. The second-order valence-corrected chi connectivity index (χ2v) is 3.86. The maximum atomic E-state index is 11.6. The molecule has 1 aromatic carbocycles. The van der Waals surface area contributed by atoms with Crippen LogP contribution in [-0.4, -0.2) is 29.8 Å². The van der Waals surface area contributed by atoms with Crippen molar-refractivity contribution in [3.8, 4) is 5.75 Å². The average Bonchev–Trinajstić information content (AvgIpc) is 2.36. The molecule has 0 aromatic heterocycles. The van der Waals surface area contributed by atoms with Gasteiger partial charge in [0.25, 0.3) is 0 Å². The van der Waals surface area contributed by atoms with Gasteiger partial charge in [-0.3, -0.25) is 0 Å². The van der Waals surface area contributed by atoms with Crippen LogP contribution in [0, 0.1) is 0 Å². The predicted octanol–water partition coefficient (Wildman–Crippen LogP) is 2.07. The number of ether oxygens (including phenoxy) is 1. The van der Waals surface area contributed by atoms with Crippen molar-refractivity contribution >= 4 is 17.7 Å². The molecule has 0 fully saturated rings. The van der Waals surface area contributed by atoms with Crippen LogP contribution in [0.4, 0.5) is 10.5 Å².